The Kier molecular flexibility index (Phi) is 8.43. The molecule has 3 aromatic rings. The molecule has 1 aromatic heterocycles. The predicted molar refractivity (Wildman–Crippen MR) is 142 cm³/mol. The van der Waals surface area contributed by atoms with Crippen LogP contribution in [-0.4, -0.2) is 60.8 Å². The third kappa shape index (κ3) is 6.64. The number of carbonyl (C=O) groups excluding carboxylic acids is 2. The summed E-state index contributed by atoms with van der Waals surface area (Å²) in [6, 6.07) is 7.88. The lowest BCUT2D eigenvalue weighted by Crippen LogP contribution is -2.49. The number of amides is 2. The maximum Gasteiger partial charge on any atom is 0.435 e. The van der Waals surface area contributed by atoms with Gasteiger partial charge in [0.2, 0.25) is 11.8 Å². The highest BCUT2D eigenvalue weighted by molar-refractivity contribution is 5.99. The molecule has 5 rings (SSSR count). The summed E-state index contributed by atoms with van der Waals surface area (Å²) in [5.74, 6) is -3.79. The average Bonchev–Trinajstić information content (AvgIpc) is 3.55. The summed E-state index contributed by atoms with van der Waals surface area (Å²) in [6.07, 6.45) is -4.84. The van der Waals surface area contributed by atoms with Gasteiger partial charge in [-0.2, -0.15) is 18.3 Å². The maximum atomic E-state index is 13.9. The number of hydrogen-bond donors (Lipinski definition) is 1. The van der Waals surface area contributed by atoms with E-state index in [1.807, 2.05) is 0 Å². The lowest BCUT2D eigenvalue weighted by molar-refractivity contribution is -0.167. The zero-order valence-electron chi connectivity index (χ0n) is 23.3. The van der Waals surface area contributed by atoms with Crippen LogP contribution in [0.3, 0.4) is 0 Å². The van der Waals surface area contributed by atoms with Crippen molar-refractivity contribution in [1.29, 1.82) is 0 Å². The van der Waals surface area contributed by atoms with Gasteiger partial charge in [-0.1, -0.05) is 0 Å². The molecule has 43 heavy (non-hydrogen) atoms. The minimum Gasteiger partial charge on any atom is -0.497 e. The quantitative estimate of drug-likeness (QED) is 0.391. The van der Waals surface area contributed by atoms with E-state index in [4.69, 9.17) is 14.2 Å². The summed E-state index contributed by atoms with van der Waals surface area (Å²) >= 11 is 0. The Morgan fingerprint density at radius 2 is 1.77 bits per heavy atom. The normalized spacial score (nSPS) is 16.5. The van der Waals surface area contributed by atoms with Crippen LogP contribution in [0, 0.1) is 11.6 Å². The van der Waals surface area contributed by atoms with Gasteiger partial charge in [0.1, 0.15) is 30.0 Å². The fourth-order valence-corrected chi connectivity index (χ4v) is 5.48. The second-order valence-electron chi connectivity index (χ2n) is 10.4. The summed E-state index contributed by atoms with van der Waals surface area (Å²) in [5.41, 5.74) is -0.475. The number of methoxy groups -OCH3 is 1. The number of rotatable bonds is 8. The molecule has 1 saturated heterocycles. The highest BCUT2D eigenvalue weighted by Crippen LogP contribution is 2.41. The Balaban J connectivity index is 1.40. The number of likely N-dealkylation sites (N-methyl/N-ethyl adjacent to an activating group) is 1. The molecule has 230 valence electrons. The molecule has 1 spiro atoms. The predicted octanol–water partition coefficient (Wildman–Crippen LogP) is 3.81. The monoisotopic (exact) mass is 608 g/mol. The Morgan fingerprint density at radius 3 is 2.37 bits per heavy atom. The Labute approximate surface area is 243 Å². The second-order valence-corrected chi connectivity index (χ2v) is 10.4. The van der Waals surface area contributed by atoms with Gasteiger partial charge >= 0.3 is 6.18 Å². The lowest BCUT2D eigenvalue weighted by atomic mass is 9.90. The first-order valence-corrected chi connectivity index (χ1v) is 13.5. The van der Waals surface area contributed by atoms with Crippen LogP contribution in [0.25, 0.3) is 0 Å². The molecular weight excluding hydrogens is 579 g/mol. The van der Waals surface area contributed by atoms with Gasteiger partial charge in [0, 0.05) is 49.3 Å². The molecule has 2 aromatic carbocycles. The highest BCUT2D eigenvalue weighted by atomic mass is 19.4. The van der Waals surface area contributed by atoms with Crippen LogP contribution in [0.1, 0.15) is 28.9 Å². The zero-order chi connectivity index (χ0) is 30.9. The van der Waals surface area contributed by atoms with Crippen LogP contribution in [0.15, 0.2) is 42.5 Å². The smallest absolute Gasteiger partial charge is 0.435 e. The van der Waals surface area contributed by atoms with E-state index in [-0.39, 0.29) is 55.7 Å². The number of alkyl halides is 3. The number of ether oxygens (including phenoxy) is 3. The van der Waals surface area contributed by atoms with Crippen molar-refractivity contribution in [3.63, 3.8) is 0 Å². The number of nitrogens with zero attached hydrogens (tertiary/aromatic N) is 3. The van der Waals surface area contributed by atoms with E-state index in [0.717, 1.165) is 16.8 Å². The summed E-state index contributed by atoms with van der Waals surface area (Å²) in [4.78, 5) is 28.1. The summed E-state index contributed by atoms with van der Waals surface area (Å²) in [6.45, 7) is -0.0909. The average molecular weight is 609 g/mol. The van der Waals surface area contributed by atoms with E-state index in [9.17, 15) is 31.5 Å². The fraction of sp³-hybridized carbons (Fsp3) is 0.414. The maximum absolute atomic E-state index is 13.9. The minimum atomic E-state index is -4.79. The van der Waals surface area contributed by atoms with Crippen LogP contribution in [0.5, 0.6) is 5.75 Å². The van der Waals surface area contributed by atoms with Gasteiger partial charge < -0.3 is 24.4 Å². The van der Waals surface area contributed by atoms with Gasteiger partial charge in [0.15, 0.2) is 11.5 Å². The van der Waals surface area contributed by atoms with E-state index >= 15 is 0 Å². The first kappa shape index (κ1) is 30.4. The van der Waals surface area contributed by atoms with Crippen molar-refractivity contribution >= 4 is 17.5 Å². The second kappa shape index (κ2) is 11.9. The zero-order valence-corrected chi connectivity index (χ0v) is 23.3. The number of nitrogens with one attached hydrogen (secondary N) is 1. The summed E-state index contributed by atoms with van der Waals surface area (Å²) in [7, 11) is 2.94. The van der Waals surface area contributed by atoms with Crippen molar-refractivity contribution in [2.45, 2.75) is 50.2 Å². The van der Waals surface area contributed by atoms with E-state index < -0.39 is 53.7 Å². The molecule has 0 bridgehead atoms. The fourth-order valence-electron chi connectivity index (χ4n) is 5.48. The number of benzene rings is 2. The van der Waals surface area contributed by atoms with Crippen LogP contribution < -0.4 is 15.0 Å². The molecule has 1 atom stereocenters. The molecule has 14 heteroatoms. The Hall–Kier alpha value is -4.04. The summed E-state index contributed by atoms with van der Waals surface area (Å²) in [5, 5.41) is 6.27. The SMILES string of the molecule is COc1ccc(N(C)C(=O)[C@H](Cc2cc(F)cc(F)c2)NC(=O)Cn2nc(C(F)(F)F)c3c2CCC2(C3)OCCO2)cc1. The highest BCUT2D eigenvalue weighted by Gasteiger charge is 2.47. The molecule has 9 nitrogen and oxygen atoms in total. The van der Waals surface area contributed by atoms with Crippen molar-refractivity contribution < 1.29 is 45.8 Å². The molecule has 2 aliphatic rings. The van der Waals surface area contributed by atoms with Crippen molar-refractivity contribution in [2.75, 3.05) is 32.3 Å². The standard InChI is InChI=1S/C29H29F5N4O5/c1-37(20-3-5-21(41-2)6-4-20)27(40)23(13-17-11-18(30)14-19(31)12-17)35-25(39)16-38-24-7-8-28(42-9-10-43-28)15-22(24)26(36-38)29(32,33)34/h3-6,11-12,14,23H,7-10,13,15-16H2,1-2H3,(H,35,39)/t23-/m0/s1. The van der Waals surface area contributed by atoms with Gasteiger partial charge in [-0.15, -0.1) is 0 Å². The summed E-state index contributed by atoms with van der Waals surface area (Å²) < 4.78 is 87.0. The molecule has 1 N–H and O–H groups in total. The largest absolute Gasteiger partial charge is 0.497 e. The first-order valence-electron chi connectivity index (χ1n) is 13.5. The number of aromatic nitrogens is 2. The molecular formula is C29H29F5N4O5. The molecule has 0 unspecified atom stereocenters. The van der Waals surface area contributed by atoms with Crippen molar-refractivity contribution in [2.24, 2.45) is 0 Å². The molecule has 2 amide bonds. The van der Waals surface area contributed by atoms with Gasteiger partial charge in [-0.25, -0.2) is 8.78 Å². The minimum absolute atomic E-state index is 0.0944. The number of halogens is 5. The third-order valence-electron chi connectivity index (χ3n) is 7.52. The molecule has 0 saturated carbocycles. The van der Waals surface area contributed by atoms with Gasteiger partial charge in [0.05, 0.1) is 20.3 Å². The van der Waals surface area contributed by atoms with Gasteiger partial charge in [-0.05, 0) is 48.4 Å². The van der Waals surface area contributed by atoms with Crippen molar-refractivity contribution in [1.82, 2.24) is 15.1 Å². The lowest BCUT2D eigenvalue weighted by Gasteiger charge is -2.32. The van der Waals surface area contributed by atoms with Crippen LogP contribution >= 0.6 is 0 Å². The number of carbonyl (C=O) groups is 2. The topological polar surface area (TPSA) is 94.9 Å². The van der Waals surface area contributed by atoms with Crippen LogP contribution in [-0.2, 0) is 51.0 Å². The molecule has 1 fully saturated rings. The number of anilines is 1. The third-order valence-corrected chi connectivity index (χ3v) is 7.52. The van der Waals surface area contributed by atoms with Gasteiger partial charge in [-0.3, -0.25) is 14.3 Å². The van der Waals surface area contributed by atoms with Crippen LogP contribution in [0.4, 0.5) is 27.6 Å². The van der Waals surface area contributed by atoms with Crippen molar-refractivity contribution in [3.05, 3.63) is 76.6 Å². The van der Waals surface area contributed by atoms with E-state index in [2.05, 4.69) is 10.4 Å². The first-order chi connectivity index (χ1) is 20.4. The van der Waals surface area contributed by atoms with Gasteiger partial charge in [0.25, 0.3) is 0 Å². The number of fused-ring (bicyclic) bond motifs is 1. The van der Waals surface area contributed by atoms with Crippen molar-refractivity contribution in [3.8, 4) is 5.75 Å². The Morgan fingerprint density at radius 1 is 1.12 bits per heavy atom. The van der Waals surface area contributed by atoms with E-state index in [1.54, 1.807) is 24.3 Å². The van der Waals surface area contributed by atoms with E-state index in [0.29, 0.717) is 17.5 Å². The van der Waals surface area contributed by atoms with E-state index in [1.165, 1.54) is 19.1 Å². The molecule has 1 aliphatic carbocycles. The van der Waals surface area contributed by atoms with Crippen LogP contribution in [0.2, 0.25) is 0 Å². The Bertz CT molecular complexity index is 1480. The molecule has 1 aliphatic heterocycles. The molecule has 2 heterocycles. The molecule has 0 radical (unpaired) electrons. The number of hydrogen-bond acceptors (Lipinski definition) is 6.